The van der Waals surface area contributed by atoms with Gasteiger partial charge in [0.2, 0.25) is 0 Å². The van der Waals surface area contributed by atoms with Gasteiger partial charge in [-0.05, 0) is 12.0 Å². The number of hydrogen-bond acceptors (Lipinski definition) is 2. The molecule has 0 atom stereocenters. The lowest BCUT2D eigenvalue weighted by atomic mass is 10.3. The summed E-state index contributed by atoms with van der Waals surface area (Å²) in [6.07, 6.45) is 4.63. The zero-order chi connectivity index (χ0) is 8.97. The van der Waals surface area contributed by atoms with Crippen LogP contribution < -0.4 is 9.67 Å². The second-order valence-electron chi connectivity index (χ2n) is 2.66. The second-order valence-corrected chi connectivity index (χ2v) is 2.66. The number of aryl methyl sites for hydroxylation is 1. The minimum atomic E-state index is -0.625. The van der Waals surface area contributed by atoms with Crippen LogP contribution in [-0.2, 0) is 6.54 Å². The Bertz CT molecular complexity index is 289. The molecule has 0 bridgehead atoms. The van der Waals surface area contributed by atoms with E-state index in [1.807, 2.05) is 10.8 Å². The van der Waals surface area contributed by atoms with Gasteiger partial charge in [-0.25, -0.2) is 4.57 Å². The van der Waals surface area contributed by atoms with Gasteiger partial charge in [0.05, 0.1) is 0 Å². The van der Waals surface area contributed by atoms with Crippen molar-refractivity contribution in [1.82, 2.24) is 0 Å². The van der Waals surface area contributed by atoms with Gasteiger partial charge in [0.25, 0.3) is 0 Å². The predicted octanol–water partition coefficient (Wildman–Crippen LogP) is 0.688. The molecule has 1 rings (SSSR count). The average Bonchev–Trinajstić information content (AvgIpc) is 2.05. The third-order valence-electron chi connectivity index (χ3n) is 1.60. The molecule has 4 heteroatoms. The minimum Gasteiger partial charge on any atom is -0.859 e. The summed E-state index contributed by atoms with van der Waals surface area (Å²) in [5, 5.41) is 17.6. The molecule has 0 aliphatic rings. The summed E-state index contributed by atoms with van der Waals surface area (Å²) in [6, 6.07) is 3.44. The lowest BCUT2D eigenvalue weighted by Gasteiger charge is -2.04. The maximum Gasteiger partial charge on any atom is 0.176 e. The van der Waals surface area contributed by atoms with Gasteiger partial charge < -0.3 is 10.5 Å². The van der Waals surface area contributed by atoms with Crippen molar-refractivity contribution in [3.8, 4) is 0 Å². The molecule has 0 saturated heterocycles. The van der Waals surface area contributed by atoms with Crippen molar-refractivity contribution in [1.29, 1.82) is 5.41 Å². The first-order valence-corrected chi connectivity index (χ1v) is 3.99. The fourth-order valence-electron chi connectivity index (χ4n) is 1.05. The number of rotatable bonds is 3. The fourth-order valence-corrected chi connectivity index (χ4v) is 1.05. The van der Waals surface area contributed by atoms with E-state index in [4.69, 9.17) is 5.41 Å². The normalized spacial score (nSPS) is 9.00. The standard InChI is InChI=1S/C9H12N2O.HI/c1-2-5-11-6-3-4-8(7-11)9(10)12;/h3-4,6-7H,2,5H2,1H3,(H-,10,12);1H. The highest BCUT2D eigenvalue weighted by Crippen LogP contribution is 1.91. The number of nitrogens with zero attached hydrogens (tertiary/aromatic N) is 1. The minimum absolute atomic E-state index is 0. The molecule has 1 aromatic rings. The smallest absolute Gasteiger partial charge is 0.176 e. The molecular weight excluding hydrogens is 279 g/mol. The van der Waals surface area contributed by atoms with E-state index in [9.17, 15) is 5.11 Å². The van der Waals surface area contributed by atoms with Crippen molar-refractivity contribution < 1.29 is 9.67 Å². The molecule has 3 nitrogen and oxygen atoms in total. The van der Waals surface area contributed by atoms with Gasteiger partial charge in [-0.15, -0.1) is 24.0 Å². The van der Waals surface area contributed by atoms with Crippen molar-refractivity contribution in [2.45, 2.75) is 19.9 Å². The number of nitrogens with one attached hydrogen (secondary N) is 1. The largest absolute Gasteiger partial charge is 0.859 e. The summed E-state index contributed by atoms with van der Waals surface area (Å²) in [7, 11) is 0. The Morgan fingerprint density at radius 1 is 1.62 bits per heavy atom. The van der Waals surface area contributed by atoms with Crippen LogP contribution in [0.5, 0.6) is 0 Å². The summed E-state index contributed by atoms with van der Waals surface area (Å²) in [6.45, 7) is 2.96. The summed E-state index contributed by atoms with van der Waals surface area (Å²) in [5.41, 5.74) is 0.450. The highest BCUT2D eigenvalue weighted by atomic mass is 127. The Balaban J connectivity index is 0.00000144. The fraction of sp³-hybridized carbons (Fsp3) is 0.333. The van der Waals surface area contributed by atoms with Crippen molar-refractivity contribution in [2.24, 2.45) is 0 Å². The highest BCUT2D eigenvalue weighted by molar-refractivity contribution is 14.0. The molecule has 72 valence electrons. The van der Waals surface area contributed by atoms with E-state index in [-0.39, 0.29) is 24.0 Å². The average molecular weight is 292 g/mol. The monoisotopic (exact) mass is 292 g/mol. The molecule has 1 aromatic heterocycles. The van der Waals surface area contributed by atoms with Crippen LogP contribution in [0.3, 0.4) is 0 Å². The summed E-state index contributed by atoms with van der Waals surface area (Å²) in [4.78, 5) is 0. The van der Waals surface area contributed by atoms with Gasteiger partial charge in [0.15, 0.2) is 12.4 Å². The van der Waals surface area contributed by atoms with Crippen LogP contribution in [-0.4, -0.2) is 5.90 Å². The lowest BCUT2D eigenvalue weighted by molar-refractivity contribution is -0.697. The van der Waals surface area contributed by atoms with Gasteiger partial charge in [0.1, 0.15) is 6.54 Å². The Kier molecular flexibility index (Phi) is 5.61. The Morgan fingerprint density at radius 3 is 2.85 bits per heavy atom. The summed E-state index contributed by atoms with van der Waals surface area (Å²) >= 11 is 0. The summed E-state index contributed by atoms with van der Waals surface area (Å²) in [5.74, 6) is -0.625. The highest BCUT2D eigenvalue weighted by Gasteiger charge is 1.99. The molecule has 0 aromatic carbocycles. The van der Waals surface area contributed by atoms with Crippen LogP contribution in [0.1, 0.15) is 18.9 Å². The molecule has 0 saturated carbocycles. The number of hydrogen-bond donors (Lipinski definition) is 1. The van der Waals surface area contributed by atoms with Crippen LogP contribution in [0.25, 0.3) is 0 Å². The predicted molar refractivity (Wildman–Crippen MR) is 59.2 cm³/mol. The van der Waals surface area contributed by atoms with Gasteiger partial charge in [-0.1, -0.05) is 6.92 Å². The quantitative estimate of drug-likeness (QED) is 0.379. The van der Waals surface area contributed by atoms with E-state index in [0.717, 1.165) is 13.0 Å². The lowest BCUT2D eigenvalue weighted by Crippen LogP contribution is -2.34. The van der Waals surface area contributed by atoms with Crippen LogP contribution in [0.4, 0.5) is 0 Å². The zero-order valence-electron chi connectivity index (χ0n) is 7.49. The van der Waals surface area contributed by atoms with Gasteiger partial charge in [0, 0.05) is 18.1 Å². The first-order chi connectivity index (χ1) is 5.74. The number of halogens is 1. The van der Waals surface area contributed by atoms with E-state index in [2.05, 4.69) is 6.92 Å². The second kappa shape index (κ2) is 5.90. The third-order valence-corrected chi connectivity index (χ3v) is 1.60. The van der Waals surface area contributed by atoms with E-state index < -0.39 is 5.90 Å². The first kappa shape index (κ1) is 12.3. The van der Waals surface area contributed by atoms with Crippen LogP contribution in [0, 0.1) is 5.41 Å². The molecule has 0 unspecified atom stereocenters. The molecule has 0 radical (unpaired) electrons. The topological polar surface area (TPSA) is 50.8 Å². The molecule has 0 spiro atoms. The van der Waals surface area contributed by atoms with Crippen LogP contribution in [0.15, 0.2) is 24.5 Å². The molecular formula is C9H13IN2O. The maximum atomic E-state index is 10.7. The molecule has 13 heavy (non-hydrogen) atoms. The van der Waals surface area contributed by atoms with E-state index in [1.54, 1.807) is 18.3 Å². The number of pyridine rings is 1. The van der Waals surface area contributed by atoms with Crippen LogP contribution >= 0.6 is 24.0 Å². The molecule has 0 aliphatic carbocycles. The van der Waals surface area contributed by atoms with Crippen molar-refractivity contribution in [2.75, 3.05) is 0 Å². The van der Waals surface area contributed by atoms with E-state index in [1.165, 1.54) is 0 Å². The van der Waals surface area contributed by atoms with Crippen molar-refractivity contribution in [3.05, 3.63) is 30.1 Å². The Labute approximate surface area is 94.9 Å². The number of aromatic nitrogens is 1. The Morgan fingerprint density at radius 2 is 2.31 bits per heavy atom. The third kappa shape index (κ3) is 3.71. The zero-order valence-corrected chi connectivity index (χ0v) is 9.82. The summed E-state index contributed by atoms with van der Waals surface area (Å²) < 4.78 is 1.92. The van der Waals surface area contributed by atoms with Crippen LogP contribution in [0.2, 0.25) is 0 Å². The van der Waals surface area contributed by atoms with Crippen molar-refractivity contribution in [3.63, 3.8) is 0 Å². The first-order valence-electron chi connectivity index (χ1n) is 3.99. The maximum absolute atomic E-state index is 10.7. The Hall–Kier alpha value is -0.650. The molecule has 0 aliphatic heterocycles. The van der Waals surface area contributed by atoms with Gasteiger partial charge in [-0.2, -0.15) is 0 Å². The van der Waals surface area contributed by atoms with Crippen molar-refractivity contribution >= 4 is 29.9 Å². The molecule has 1 N–H and O–H groups in total. The molecule has 0 amide bonds. The molecule has 0 fully saturated rings. The van der Waals surface area contributed by atoms with E-state index in [0.29, 0.717) is 5.56 Å². The van der Waals surface area contributed by atoms with Gasteiger partial charge in [-0.3, -0.25) is 0 Å². The SMILES string of the molecule is CCC[n+]1cccc(C(=N)[O-])c1.I. The molecule has 1 heterocycles. The van der Waals surface area contributed by atoms with Gasteiger partial charge >= 0.3 is 0 Å². The van der Waals surface area contributed by atoms with E-state index >= 15 is 0 Å².